The van der Waals surface area contributed by atoms with Crippen LogP contribution in [0.4, 0.5) is 11.4 Å². The molecule has 1 aliphatic rings. The van der Waals surface area contributed by atoms with Gasteiger partial charge in [-0.25, -0.2) is 0 Å². The normalized spacial score (nSPS) is 15.9. The quantitative estimate of drug-likeness (QED) is 0.731. The predicted molar refractivity (Wildman–Crippen MR) is 109 cm³/mol. The number of halogens is 1. The number of nitrogens with one attached hydrogen (secondary N) is 1. The number of methoxy groups -OCH3 is 1. The number of carbonyl (C=O) groups is 3. The zero-order valence-corrected chi connectivity index (χ0v) is 16.9. The fraction of sp³-hybridized carbons (Fsp3) is 0.286. The van der Waals surface area contributed by atoms with Gasteiger partial charge in [-0.3, -0.25) is 14.4 Å². The maximum Gasteiger partial charge on any atom is 0.311 e. The second kappa shape index (κ2) is 8.96. The highest BCUT2D eigenvalue weighted by Crippen LogP contribution is 2.27. The van der Waals surface area contributed by atoms with E-state index in [1.807, 2.05) is 6.92 Å². The molecule has 1 saturated heterocycles. The number of aryl methyl sites for hydroxylation is 1. The van der Waals surface area contributed by atoms with Gasteiger partial charge in [0.05, 0.1) is 13.0 Å². The van der Waals surface area contributed by atoms with Gasteiger partial charge < -0.3 is 19.7 Å². The minimum atomic E-state index is -0.619. The number of benzene rings is 2. The lowest BCUT2D eigenvalue weighted by atomic mass is 10.1. The van der Waals surface area contributed by atoms with Gasteiger partial charge in [0, 0.05) is 29.4 Å². The number of amides is 2. The maximum absolute atomic E-state index is 12.3. The molecule has 2 amide bonds. The van der Waals surface area contributed by atoms with Crippen molar-refractivity contribution in [3.05, 3.63) is 53.1 Å². The van der Waals surface area contributed by atoms with Crippen molar-refractivity contribution in [3.8, 4) is 5.75 Å². The van der Waals surface area contributed by atoms with Crippen LogP contribution in [-0.4, -0.2) is 38.0 Å². The highest BCUT2D eigenvalue weighted by molar-refractivity contribution is 6.31. The second-order valence-corrected chi connectivity index (χ2v) is 7.13. The van der Waals surface area contributed by atoms with Crippen molar-refractivity contribution < 1.29 is 23.9 Å². The van der Waals surface area contributed by atoms with E-state index in [0.29, 0.717) is 22.1 Å². The average Bonchev–Trinajstić information content (AvgIpc) is 3.11. The fourth-order valence-corrected chi connectivity index (χ4v) is 3.18. The third-order valence-corrected chi connectivity index (χ3v) is 5.05. The lowest BCUT2D eigenvalue weighted by molar-refractivity contribution is -0.151. The molecule has 1 unspecified atom stereocenters. The molecular formula is C21H21ClN2O5. The molecule has 0 aromatic heterocycles. The Kier molecular flexibility index (Phi) is 6.39. The van der Waals surface area contributed by atoms with E-state index in [0.717, 1.165) is 5.56 Å². The summed E-state index contributed by atoms with van der Waals surface area (Å²) in [7, 11) is 1.56. The lowest BCUT2D eigenvalue weighted by Gasteiger charge is -2.17. The molecule has 0 bridgehead atoms. The van der Waals surface area contributed by atoms with Gasteiger partial charge in [-0.05, 0) is 48.9 Å². The van der Waals surface area contributed by atoms with Gasteiger partial charge in [0.2, 0.25) is 5.91 Å². The van der Waals surface area contributed by atoms with Crippen molar-refractivity contribution in [3.63, 3.8) is 0 Å². The molecule has 1 atom stereocenters. The van der Waals surface area contributed by atoms with Crippen LogP contribution in [0.5, 0.6) is 5.75 Å². The van der Waals surface area contributed by atoms with Crippen molar-refractivity contribution >= 4 is 40.8 Å². The Morgan fingerprint density at radius 2 is 1.93 bits per heavy atom. The Morgan fingerprint density at radius 1 is 1.21 bits per heavy atom. The molecule has 1 aliphatic heterocycles. The first kappa shape index (κ1) is 20.7. The highest BCUT2D eigenvalue weighted by atomic mass is 35.5. The Bertz CT molecular complexity index is 929. The number of anilines is 2. The van der Waals surface area contributed by atoms with Gasteiger partial charge in [0.15, 0.2) is 6.61 Å². The fourth-order valence-electron chi connectivity index (χ4n) is 3.00. The molecule has 152 valence electrons. The van der Waals surface area contributed by atoms with E-state index < -0.39 is 24.4 Å². The van der Waals surface area contributed by atoms with Crippen LogP contribution in [-0.2, 0) is 19.1 Å². The van der Waals surface area contributed by atoms with Gasteiger partial charge in [0.25, 0.3) is 5.91 Å². The highest BCUT2D eigenvalue weighted by Gasteiger charge is 2.36. The van der Waals surface area contributed by atoms with Gasteiger partial charge in [-0.1, -0.05) is 17.7 Å². The van der Waals surface area contributed by atoms with Crippen LogP contribution in [0.25, 0.3) is 0 Å². The molecule has 3 rings (SSSR count). The van der Waals surface area contributed by atoms with E-state index in [2.05, 4.69) is 5.32 Å². The van der Waals surface area contributed by atoms with Crippen molar-refractivity contribution in [1.29, 1.82) is 0 Å². The third-order valence-electron chi connectivity index (χ3n) is 4.64. The third kappa shape index (κ3) is 5.06. The van der Waals surface area contributed by atoms with Gasteiger partial charge in [-0.15, -0.1) is 0 Å². The summed E-state index contributed by atoms with van der Waals surface area (Å²) in [5.41, 5.74) is 2.09. The van der Waals surface area contributed by atoms with Crippen molar-refractivity contribution in [2.24, 2.45) is 5.92 Å². The summed E-state index contributed by atoms with van der Waals surface area (Å²) in [6.07, 6.45) is 0.0417. The summed E-state index contributed by atoms with van der Waals surface area (Å²) in [4.78, 5) is 38.1. The number of hydrogen-bond donors (Lipinski definition) is 1. The van der Waals surface area contributed by atoms with Crippen LogP contribution < -0.4 is 15.0 Å². The molecule has 7 nitrogen and oxygen atoms in total. The van der Waals surface area contributed by atoms with Crippen molar-refractivity contribution in [1.82, 2.24) is 0 Å². The van der Waals surface area contributed by atoms with E-state index in [9.17, 15) is 14.4 Å². The topological polar surface area (TPSA) is 84.9 Å². The van der Waals surface area contributed by atoms with E-state index in [1.54, 1.807) is 49.6 Å². The molecule has 0 saturated carbocycles. The van der Waals surface area contributed by atoms with Crippen LogP contribution in [0.15, 0.2) is 42.5 Å². The Morgan fingerprint density at radius 3 is 2.59 bits per heavy atom. The van der Waals surface area contributed by atoms with Crippen molar-refractivity contribution in [2.75, 3.05) is 30.5 Å². The summed E-state index contributed by atoms with van der Waals surface area (Å²) < 4.78 is 10.2. The average molecular weight is 417 g/mol. The molecule has 29 heavy (non-hydrogen) atoms. The van der Waals surface area contributed by atoms with Crippen LogP contribution in [0.3, 0.4) is 0 Å². The van der Waals surface area contributed by atoms with Crippen LogP contribution in [0.2, 0.25) is 5.02 Å². The number of hydrogen-bond acceptors (Lipinski definition) is 5. The molecule has 1 heterocycles. The first-order valence-electron chi connectivity index (χ1n) is 9.04. The van der Waals surface area contributed by atoms with Crippen LogP contribution in [0, 0.1) is 12.8 Å². The molecule has 2 aromatic carbocycles. The van der Waals surface area contributed by atoms with Crippen molar-refractivity contribution in [2.45, 2.75) is 13.3 Å². The van der Waals surface area contributed by atoms with Crippen LogP contribution >= 0.6 is 11.6 Å². The summed E-state index contributed by atoms with van der Waals surface area (Å²) in [6, 6.07) is 12.1. The number of carbonyl (C=O) groups excluding carboxylic acids is 3. The summed E-state index contributed by atoms with van der Waals surface area (Å²) >= 11 is 6.03. The Hall–Kier alpha value is -3.06. The second-order valence-electron chi connectivity index (χ2n) is 6.72. The number of nitrogens with zero attached hydrogens (tertiary/aromatic N) is 1. The minimum absolute atomic E-state index is 0.0417. The minimum Gasteiger partial charge on any atom is -0.497 e. The predicted octanol–water partition coefficient (Wildman–Crippen LogP) is 3.19. The Labute approximate surface area is 173 Å². The largest absolute Gasteiger partial charge is 0.497 e. The summed E-state index contributed by atoms with van der Waals surface area (Å²) in [5.74, 6) is -1.17. The molecule has 1 fully saturated rings. The zero-order chi connectivity index (χ0) is 21.0. The van der Waals surface area contributed by atoms with Gasteiger partial charge in [-0.2, -0.15) is 0 Å². The molecular weight excluding hydrogens is 396 g/mol. The van der Waals surface area contributed by atoms with Crippen LogP contribution in [0.1, 0.15) is 12.0 Å². The lowest BCUT2D eigenvalue weighted by Crippen LogP contribution is -2.28. The number of esters is 1. The summed E-state index contributed by atoms with van der Waals surface area (Å²) in [6.45, 7) is 1.63. The van der Waals surface area contributed by atoms with Gasteiger partial charge >= 0.3 is 5.97 Å². The SMILES string of the molecule is COc1ccc(N2CC(C(=O)OCC(=O)Nc3ccc(C)c(Cl)c3)CC2=O)cc1. The standard InChI is InChI=1S/C21H21ClN2O5/c1-13-3-4-15(10-18(13)22)23-19(25)12-29-21(27)14-9-20(26)24(11-14)16-5-7-17(28-2)8-6-16/h3-8,10,14H,9,11-12H2,1-2H3,(H,23,25). The van der Waals surface area contributed by atoms with E-state index in [-0.39, 0.29) is 18.9 Å². The molecule has 0 spiro atoms. The van der Waals surface area contributed by atoms with E-state index in [1.165, 1.54) is 4.90 Å². The maximum atomic E-state index is 12.3. The van der Waals surface area contributed by atoms with E-state index in [4.69, 9.17) is 21.1 Å². The van der Waals surface area contributed by atoms with E-state index >= 15 is 0 Å². The molecule has 0 radical (unpaired) electrons. The molecule has 8 heteroatoms. The summed E-state index contributed by atoms with van der Waals surface area (Å²) in [5, 5.41) is 3.15. The Balaban J connectivity index is 1.52. The van der Waals surface area contributed by atoms with Gasteiger partial charge in [0.1, 0.15) is 5.75 Å². The number of rotatable bonds is 6. The molecule has 0 aliphatic carbocycles. The molecule has 2 aromatic rings. The zero-order valence-electron chi connectivity index (χ0n) is 16.1. The smallest absolute Gasteiger partial charge is 0.311 e. The first-order valence-corrected chi connectivity index (χ1v) is 9.42. The first-order chi connectivity index (χ1) is 13.9. The number of ether oxygens (including phenoxy) is 2. The monoisotopic (exact) mass is 416 g/mol. The molecule has 1 N–H and O–H groups in total.